The van der Waals surface area contributed by atoms with E-state index in [1.807, 2.05) is 49.4 Å². The zero-order valence-corrected chi connectivity index (χ0v) is 12.9. The molecule has 2 nitrogen and oxygen atoms in total. The van der Waals surface area contributed by atoms with Gasteiger partial charge < -0.3 is 9.84 Å². The molecular weight excluding hydrogens is 316 g/mol. The van der Waals surface area contributed by atoms with Crippen molar-refractivity contribution < 1.29 is 9.84 Å². The molecule has 0 bridgehead atoms. The molecule has 2 aromatic carbocycles. The molecule has 3 heteroatoms. The molecule has 0 saturated heterocycles. The molecule has 0 radical (unpaired) electrons. The lowest BCUT2D eigenvalue weighted by Gasteiger charge is -2.16. The molecule has 0 heterocycles. The predicted molar refractivity (Wildman–Crippen MR) is 83.0 cm³/mol. The van der Waals surface area contributed by atoms with E-state index in [1.54, 1.807) is 0 Å². The van der Waals surface area contributed by atoms with Gasteiger partial charge in [0.25, 0.3) is 0 Å². The number of halogens is 1. The number of rotatable bonds is 4. The fourth-order valence-electron chi connectivity index (χ4n) is 2.22. The first-order valence-corrected chi connectivity index (χ1v) is 7.63. The lowest BCUT2D eigenvalue weighted by molar-refractivity contribution is 0.218. The number of hydrogen-bond acceptors (Lipinski definition) is 2. The van der Waals surface area contributed by atoms with E-state index in [2.05, 4.69) is 15.9 Å². The lowest BCUT2D eigenvalue weighted by Crippen LogP contribution is -2.03. The Balaban J connectivity index is 1.88. The summed E-state index contributed by atoms with van der Waals surface area (Å²) in [7, 11) is 0. The lowest BCUT2D eigenvalue weighted by atomic mass is 9.97. The minimum absolute atomic E-state index is 0.370. The molecule has 0 aromatic heterocycles. The largest absolute Gasteiger partial charge is 0.490 e. The van der Waals surface area contributed by atoms with Gasteiger partial charge in [-0.2, -0.15) is 0 Å². The minimum atomic E-state index is -0.629. The summed E-state index contributed by atoms with van der Waals surface area (Å²) < 4.78 is 6.76. The van der Waals surface area contributed by atoms with Gasteiger partial charge in [0.2, 0.25) is 0 Å². The van der Waals surface area contributed by atoms with Gasteiger partial charge in [0, 0.05) is 4.47 Å². The van der Waals surface area contributed by atoms with Crippen LogP contribution >= 0.6 is 15.9 Å². The molecular formula is C17H17BrO2. The second-order valence-corrected chi connectivity index (χ2v) is 6.21. The van der Waals surface area contributed by atoms with Crippen molar-refractivity contribution in [3.63, 3.8) is 0 Å². The Morgan fingerprint density at radius 1 is 1.20 bits per heavy atom. The molecule has 1 unspecified atom stereocenters. The van der Waals surface area contributed by atoms with Crippen LogP contribution in [0.4, 0.5) is 0 Å². The number of aliphatic hydroxyl groups excluding tert-OH is 1. The van der Waals surface area contributed by atoms with Crippen LogP contribution in [0.1, 0.15) is 35.6 Å². The summed E-state index contributed by atoms with van der Waals surface area (Å²) in [5.74, 6) is 0.844. The molecule has 0 amide bonds. The summed E-state index contributed by atoms with van der Waals surface area (Å²) >= 11 is 3.46. The second kappa shape index (κ2) is 5.58. The number of aryl methyl sites for hydroxylation is 1. The first kappa shape index (κ1) is 13.7. The first-order chi connectivity index (χ1) is 9.63. The van der Waals surface area contributed by atoms with Crippen LogP contribution in [0.3, 0.4) is 0 Å². The zero-order valence-electron chi connectivity index (χ0n) is 11.3. The van der Waals surface area contributed by atoms with E-state index in [9.17, 15) is 5.11 Å². The zero-order chi connectivity index (χ0) is 14.1. The van der Waals surface area contributed by atoms with Crippen molar-refractivity contribution in [3.05, 3.63) is 63.6 Å². The molecule has 0 aliphatic heterocycles. The van der Waals surface area contributed by atoms with Gasteiger partial charge in [-0.25, -0.2) is 0 Å². The van der Waals surface area contributed by atoms with E-state index < -0.39 is 6.10 Å². The van der Waals surface area contributed by atoms with Gasteiger partial charge in [0.1, 0.15) is 11.9 Å². The molecule has 104 valence electrons. The number of ether oxygens (including phenoxy) is 1. The maximum Gasteiger partial charge on any atom is 0.120 e. The SMILES string of the molecule is Cc1ccc(Br)cc1C(O)c1cccc(OC2CC2)c1. The van der Waals surface area contributed by atoms with Crippen LogP contribution < -0.4 is 4.74 Å². The third-order valence-electron chi connectivity index (χ3n) is 3.54. The summed E-state index contributed by atoms with van der Waals surface area (Å²) in [6, 6.07) is 13.7. The predicted octanol–water partition coefficient (Wildman–Crippen LogP) is 4.38. The highest BCUT2D eigenvalue weighted by Gasteiger charge is 2.24. The third-order valence-corrected chi connectivity index (χ3v) is 4.03. The molecule has 1 fully saturated rings. The van der Waals surface area contributed by atoms with E-state index in [0.717, 1.165) is 39.8 Å². The van der Waals surface area contributed by atoms with Crippen LogP contribution in [0.5, 0.6) is 5.75 Å². The minimum Gasteiger partial charge on any atom is -0.490 e. The van der Waals surface area contributed by atoms with Crippen molar-refractivity contribution in [2.45, 2.75) is 32.0 Å². The van der Waals surface area contributed by atoms with E-state index in [-0.39, 0.29) is 0 Å². The van der Waals surface area contributed by atoms with Crippen LogP contribution in [-0.2, 0) is 0 Å². The van der Waals surface area contributed by atoms with Gasteiger partial charge >= 0.3 is 0 Å². The average molecular weight is 333 g/mol. The standard InChI is InChI=1S/C17H17BrO2/c1-11-5-6-13(18)10-16(11)17(19)12-3-2-4-15(9-12)20-14-7-8-14/h2-6,9-10,14,17,19H,7-8H2,1H3. The fourth-order valence-corrected chi connectivity index (χ4v) is 2.60. The molecule has 1 aliphatic carbocycles. The normalized spacial score (nSPS) is 15.9. The van der Waals surface area contributed by atoms with Gasteiger partial charge in [0.05, 0.1) is 6.10 Å². The highest BCUT2D eigenvalue weighted by atomic mass is 79.9. The van der Waals surface area contributed by atoms with E-state index >= 15 is 0 Å². The van der Waals surface area contributed by atoms with Crippen LogP contribution in [0.25, 0.3) is 0 Å². The molecule has 1 atom stereocenters. The highest BCUT2D eigenvalue weighted by molar-refractivity contribution is 9.10. The number of benzene rings is 2. The second-order valence-electron chi connectivity index (χ2n) is 5.29. The summed E-state index contributed by atoms with van der Waals surface area (Å²) in [5.41, 5.74) is 2.86. The van der Waals surface area contributed by atoms with Crippen molar-refractivity contribution >= 4 is 15.9 Å². The average Bonchev–Trinajstić information content (AvgIpc) is 3.25. The van der Waals surface area contributed by atoms with E-state index in [0.29, 0.717) is 6.10 Å². The Bertz CT molecular complexity index is 620. The van der Waals surface area contributed by atoms with Crippen LogP contribution in [0.15, 0.2) is 46.9 Å². The molecule has 1 N–H and O–H groups in total. The summed E-state index contributed by atoms with van der Waals surface area (Å²) in [6.45, 7) is 2.01. The van der Waals surface area contributed by atoms with Crippen LogP contribution in [0, 0.1) is 6.92 Å². The van der Waals surface area contributed by atoms with Gasteiger partial charge in [-0.3, -0.25) is 0 Å². The Kier molecular flexibility index (Phi) is 3.81. The Hall–Kier alpha value is -1.32. The number of aliphatic hydroxyl groups is 1. The highest BCUT2D eigenvalue weighted by Crippen LogP contribution is 2.31. The van der Waals surface area contributed by atoms with Gasteiger partial charge in [-0.15, -0.1) is 0 Å². The van der Waals surface area contributed by atoms with E-state index in [1.165, 1.54) is 0 Å². The van der Waals surface area contributed by atoms with Gasteiger partial charge in [0.15, 0.2) is 0 Å². The van der Waals surface area contributed by atoms with Crippen molar-refractivity contribution in [2.75, 3.05) is 0 Å². The van der Waals surface area contributed by atoms with Crippen LogP contribution in [0.2, 0.25) is 0 Å². The Morgan fingerprint density at radius 3 is 2.75 bits per heavy atom. The topological polar surface area (TPSA) is 29.5 Å². The smallest absolute Gasteiger partial charge is 0.120 e. The van der Waals surface area contributed by atoms with Crippen molar-refractivity contribution in [2.24, 2.45) is 0 Å². The van der Waals surface area contributed by atoms with Gasteiger partial charge in [-0.05, 0) is 60.7 Å². The molecule has 0 spiro atoms. The monoisotopic (exact) mass is 332 g/mol. The molecule has 2 aromatic rings. The molecule has 3 rings (SSSR count). The Morgan fingerprint density at radius 2 is 2.00 bits per heavy atom. The number of hydrogen-bond donors (Lipinski definition) is 1. The maximum absolute atomic E-state index is 10.6. The van der Waals surface area contributed by atoms with Gasteiger partial charge in [-0.1, -0.05) is 34.1 Å². The molecule has 20 heavy (non-hydrogen) atoms. The first-order valence-electron chi connectivity index (χ1n) is 6.84. The third kappa shape index (κ3) is 3.05. The molecule has 1 saturated carbocycles. The van der Waals surface area contributed by atoms with Crippen LogP contribution in [-0.4, -0.2) is 11.2 Å². The van der Waals surface area contributed by atoms with E-state index in [4.69, 9.17) is 4.74 Å². The summed E-state index contributed by atoms with van der Waals surface area (Å²) in [4.78, 5) is 0. The molecule has 1 aliphatic rings. The fraction of sp³-hybridized carbons (Fsp3) is 0.294. The Labute approximate surface area is 127 Å². The summed E-state index contributed by atoms with van der Waals surface area (Å²) in [5, 5.41) is 10.6. The van der Waals surface area contributed by atoms with Crippen molar-refractivity contribution in [1.82, 2.24) is 0 Å². The quantitative estimate of drug-likeness (QED) is 0.900. The van der Waals surface area contributed by atoms with Crippen molar-refractivity contribution in [3.8, 4) is 5.75 Å². The maximum atomic E-state index is 10.6. The summed E-state index contributed by atoms with van der Waals surface area (Å²) in [6.07, 6.45) is 2.01. The van der Waals surface area contributed by atoms with Crippen molar-refractivity contribution in [1.29, 1.82) is 0 Å².